The van der Waals surface area contributed by atoms with Gasteiger partial charge in [0.1, 0.15) is 5.25 Å². The van der Waals surface area contributed by atoms with Crippen LogP contribution < -0.4 is 5.32 Å². The molecular weight excluding hydrogens is 181 g/mol. The number of nitrogens with one attached hydrogen (secondary N) is 1. The van der Waals surface area contributed by atoms with Crippen LogP contribution in [0.4, 0.5) is 3.89 Å². The minimum atomic E-state index is -4.27. The van der Waals surface area contributed by atoms with Gasteiger partial charge in [0, 0.05) is 6.54 Å². The molecule has 1 saturated heterocycles. The van der Waals surface area contributed by atoms with E-state index in [0.717, 1.165) is 0 Å². The van der Waals surface area contributed by atoms with Gasteiger partial charge in [-0.1, -0.05) is 0 Å². The molecule has 0 aliphatic carbocycles. The third-order valence-electron chi connectivity index (χ3n) is 1.41. The maximum absolute atomic E-state index is 12.0. The van der Waals surface area contributed by atoms with Crippen molar-refractivity contribution >= 4 is 22.6 Å². The Hall–Kier alpha value is 0.130. The first-order valence-corrected chi connectivity index (χ1v) is 4.19. The lowest BCUT2D eigenvalue weighted by atomic mass is 10.4. The van der Waals surface area contributed by atoms with Crippen molar-refractivity contribution < 1.29 is 12.3 Å². The van der Waals surface area contributed by atoms with Crippen LogP contribution in [0, 0.1) is 0 Å². The van der Waals surface area contributed by atoms with Crippen LogP contribution in [0.25, 0.3) is 0 Å². The molecule has 10 heavy (non-hydrogen) atoms. The number of halogens is 2. The normalized spacial score (nSPS) is 25.9. The second kappa shape index (κ2) is 3.50. The molecule has 1 heterocycles. The Morgan fingerprint density at radius 2 is 2.10 bits per heavy atom. The Morgan fingerprint density at radius 3 is 2.30 bits per heavy atom. The second-order valence-electron chi connectivity index (χ2n) is 2.09. The van der Waals surface area contributed by atoms with E-state index in [2.05, 4.69) is 5.32 Å². The van der Waals surface area contributed by atoms with Crippen LogP contribution in [0.3, 0.4) is 0 Å². The summed E-state index contributed by atoms with van der Waals surface area (Å²) >= 11 is 0. The van der Waals surface area contributed by atoms with Gasteiger partial charge in [-0.15, -0.1) is 16.3 Å². The van der Waals surface area contributed by atoms with E-state index in [1.54, 1.807) is 0 Å². The summed E-state index contributed by atoms with van der Waals surface area (Å²) in [7, 11) is -4.27. The largest absolute Gasteiger partial charge is 0.315 e. The molecule has 0 saturated carbocycles. The smallest absolute Gasteiger partial charge is 0.306 e. The molecular formula is C4H9ClFNO2S. The van der Waals surface area contributed by atoms with E-state index < -0.39 is 15.5 Å². The molecule has 62 valence electrons. The van der Waals surface area contributed by atoms with Crippen LogP contribution in [-0.4, -0.2) is 26.8 Å². The molecule has 1 rings (SSSR count). The lowest BCUT2D eigenvalue weighted by Crippen LogP contribution is -2.19. The van der Waals surface area contributed by atoms with Crippen molar-refractivity contribution in [1.82, 2.24) is 5.32 Å². The van der Waals surface area contributed by atoms with E-state index in [9.17, 15) is 12.3 Å². The van der Waals surface area contributed by atoms with Gasteiger partial charge >= 0.3 is 10.2 Å². The van der Waals surface area contributed by atoms with Crippen molar-refractivity contribution in [2.45, 2.75) is 11.7 Å². The van der Waals surface area contributed by atoms with Crippen molar-refractivity contribution in [2.24, 2.45) is 0 Å². The van der Waals surface area contributed by atoms with Gasteiger partial charge in [0.25, 0.3) is 0 Å². The van der Waals surface area contributed by atoms with Crippen molar-refractivity contribution in [1.29, 1.82) is 0 Å². The van der Waals surface area contributed by atoms with E-state index in [-0.39, 0.29) is 19.0 Å². The third kappa shape index (κ3) is 2.40. The van der Waals surface area contributed by atoms with Gasteiger partial charge in [0.05, 0.1) is 0 Å². The van der Waals surface area contributed by atoms with Gasteiger partial charge in [-0.2, -0.15) is 8.42 Å². The maximum Gasteiger partial charge on any atom is 0.306 e. The highest BCUT2D eigenvalue weighted by molar-refractivity contribution is 7.87. The fourth-order valence-electron chi connectivity index (χ4n) is 0.868. The van der Waals surface area contributed by atoms with Crippen LogP contribution in [0.1, 0.15) is 6.42 Å². The van der Waals surface area contributed by atoms with Crippen LogP contribution in [0.2, 0.25) is 0 Å². The molecule has 1 atom stereocenters. The molecule has 6 heteroatoms. The minimum absolute atomic E-state index is 0. The molecule has 0 aromatic carbocycles. The third-order valence-corrected chi connectivity index (χ3v) is 2.61. The maximum atomic E-state index is 12.0. The summed E-state index contributed by atoms with van der Waals surface area (Å²) in [6, 6.07) is 0. The first kappa shape index (κ1) is 10.1. The standard InChI is InChI=1S/C4H8FNO2S.ClH/c5-9(7,8)4-1-2-6-3-4;/h4,6H,1-3H2;1H. The summed E-state index contributed by atoms with van der Waals surface area (Å²) in [6.07, 6.45) is 0.402. The fourth-order valence-corrected chi connectivity index (χ4v) is 1.58. The van der Waals surface area contributed by atoms with E-state index in [4.69, 9.17) is 0 Å². The summed E-state index contributed by atoms with van der Waals surface area (Å²) in [4.78, 5) is 0. The predicted molar refractivity (Wildman–Crippen MR) is 38.6 cm³/mol. The lowest BCUT2D eigenvalue weighted by molar-refractivity contribution is 0.537. The Balaban J connectivity index is 0.000000810. The van der Waals surface area contributed by atoms with Crippen molar-refractivity contribution in [3.63, 3.8) is 0 Å². The van der Waals surface area contributed by atoms with Gasteiger partial charge in [-0.05, 0) is 13.0 Å². The topological polar surface area (TPSA) is 46.2 Å². The SMILES string of the molecule is Cl.O=S(=O)(F)C1CCNC1. The Kier molecular flexibility index (Phi) is 3.55. The Morgan fingerprint density at radius 1 is 1.50 bits per heavy atom. The van der Waals surface area contributed by atoms with E-state index >= 15 is 0 Å². The summed E-state index contributed by atoms with van der Waals surface area (Å²) < 4.78 is 32.3. The molecule has 0 aromatic rings. The monoisotopic (exact) mass is 189 g/mol. The molecule has 0 aromatic heterocycles. The first-order valence-electron chi connectivity index (χ1n) is 2.75. The molecule has 1 fully saturated rings. The average Bonchev–Trinajstić information content (AvgIpc) is 2.08. The Labute approximate surface area is 65.6 Å². The molecule has 1 unspecified atom stereocenters. The Bertz CT molecular complexity index is 187. The van der Waals surface area contributed by atoms with Gasteiger partial charge in [-0.3, -0.25) is 0 Å². The van der Waals surface area contributed by atoms with Crippen molar-refractivity contribution in [3.8, 4) is 0 Å². The highest BCUT2D eigenvalue weighted by Crippen LogP contribution is 2.10. The molecule has 0 bridgehead atoms. The summed E-state index contributed by atoms with van der Waals surface area (Å²) in [6.45, 7) is 0.868. The zero-order valence-corrected chi connectivity index (χ0v) is 6.84. The lowest BCUT2D eigenvalue weighted by Gasteiger charge is -1.98. The van der Waals surface area contributed by atoms with Gasteiger partial charge in [-0.25, -0.2) is 0 Å². The molecule has 3 nitrogen and oxygen atoms in total. The average molecular weight is 190 g/mol. The number of rotatable bonds is 1. The molecule has 1 N–H and O–H groups in total. The van der Waals surface area contributed by atoms with Gasteiger partial charge in [0.15, 0.2) is 0 Å². The van der Waals surface area contributed by atoms with E-state index in [1.165, 1.54) is 0 Å². The number of hydrogen-bond donors (Lipinski definition) is 1. The van der Waals surface area contributed by atoms with E-state index in [1.807, 2.05) is 0 Å². The number of hydrogen-bond acceptors (Lipinski definition) is 3. The predicted octanol–water partition coefficient (Wildman–Crippen LogP) is 0.0694. The quantitative estimate of drug-likeness (QED) is 0.594. The van der Waals surface area contributed by atoms with Gasteiger partial charge in [0.2, 0.25) is 0 Å². The fraction of sp³-hybridized carbons (Fsp3) is 1.00. The summed E-state index contributed by atoms with van der Waals surface area (Å²) in [5, 5.41) is 1.97. The molecule has 0 spiro atoms. The molecule has 1 aliphatic rings. The zero-order valence-electron chi connectivity index (χ0n) is 5.21. The van der Waals surface area contributed by atoms with Crippen molar-refractivity contribution in [3.05, 3.63) is 0 Å². The van der Waals surface area contributed by atoms with E-state index in [0.29, 0.717) is 13.0 Å². The first-order chi connectivity index (χ1) is 4.11. The molecule has 1 aliphatic heterocycles. The van der Waals surface area contributed by atoms with Crippen LogP contribution >= 0.6 is 12.4 Å². The van der Waals surface area contributed by atoms with Gasteiger partial charge < -0.3 is 5.32 Å². The van der Waals surface area contributed by atoms with Crippen molar-refractivity contribution in [2.75, 3.05) is 13.1 Å². The molecule has 0 radical (unpaired) electrons. The highest BCUT2D eigenvalue weighted by Gasteiger charge is 2.27. The minimum Gasteiger partial charge on any atom is -0.315 e. The van der Waals surface area contributed by atoms with Crippen LogP contribution in [0.15, 0.2) is 0 Å². The second-order valence-corrected chi connectivity index (χ2v) is 3.71. The zero-order chi connectivity index (χ0) is 6.91. The van der Waals surface area contributed by atoms with Crippen LogP contribution in [0.5, 0.6) is 0 Å². The highest BCUT2D eigenvalue weighted by atomic mass is 35.5. The summed E-state index contributed by atoms with van der Waals surface area (Å²) in [5.74, 6) is 0. The summed E-state index contributed by atoms with van der Waals surface area (Å²) in [5.41, 5.74) is 0. The molecule has 0 amide bonds. The van der Waals surface area contributed by atoms with Crippen LogP contribution in [-0.2, 0) is 10.2 Å².